The zero-order valence-electron chi connectivity index (χ0n) is 7.17. The lowest BCUT2D eigenvalue weighted by Crippen LogP contribution is -2.48. The number of rotatable bonds is 2. The Labute approximate surface area is 74.7 Å². The molecule has 1 atom stereocenters. The van der Waals surface area contributed by atoms with Gasteiger partial charge in [0.05, 0.1) is 6.54 Å². The summed E-state index contributed by atoms with van der Waals surface area (Å²) < 4.78 is 36.2. The van der Waals surface area contributed by atoms with Crippen LogP contribution in [0.3, 0.4) is 0 Å². The molecule has 0 saturated carbocycles. The van der Waals surface area contributed by atoms with Gasteiger partial charge in [-0.05, 0) is 13.0 Å². The molecular weight excluding hydrogens is 181 g/mol. The van der Waals surface area contributed by atoms with Gasteiger partial charge in [0, 0.05) is 6.20 Å². The Hall–Kier alpha value is -0.970. The van der Waals surface area contributed by atoms with Gasteiger partial charge in [-0.15, -0.1) is 0 Å². The summed E-state index contributed by atoms with van der Waals surface area (Å²) in [7, 11) is 0. The van der Waals surface area contributed by atoms with Crippen LogP contribution in [0.15, 0.2) is 24.4 Å². The van der Waals surface area contributed by atoms with Gasteiger partial charge in [-0.1, -0.05) is 12.2 Å². The standard InChI is InChI=1S/C8H11F3N2/c1-7(8(9,10)11)12-13-5-3-2-4-6-13/h2-5,7,12H,6H2,1H3. The summed E-state index contributed by atoms with van der Waals surface area (Å²) in [5.74, 6) is 0. The van der Waals surface area contributed by atoms with E-state index in [1.54, 1.807) is 24.4 Å². The van der Waals surface area contributed by atoms with Gasteiger partial charge < -0.3 is 5.01 Å². The van der Waals surface area contributed by atoms with Gasteiger partial charge in [0.25, 0.3) is 0 Å². The SMILES string of the molecule is CC(NN1C=CC=CC1)C(F)(F)F. The van der Waals surface area contributed by atoms with E-state index in [1.807, 2.05) is 0 Å². The van der Waals surface area contributed by atoms with Crippen molar-refractivity contribution in [2.24, 2.45) is 0 Å². The zero-order chi connectivity index (χ0) is 9.90. The molecule has 2 nitrogen and oxygen atoms in total. The minimum absolute atomic E-state index is 0.455. The monoisotopic (exact) mass is 192 g/mol. The molecule has 13 heavy (non-hydrogen) atoms. The van der Waals surface area contributed by atoms with E-state index in [1.165, 1.54) is 5.01 Å². The van der Waals surface area contributed by atoms with Crippen LogP contribution in [-0.2, 0) is 0 Å². The van der Waals surface area contributed by atoms with E-state index >= 15 is 0 Å². The van der Waals surface area contributed by atoms with Crippen LogP contribution in [0.2, 0.25) is 0 Å². The number of hydrazine groups is 1. The molecule has 0 bridgehead atoms. The molecule has 0 spiro atoms. The summed E-state index contributed by atoms with van der Waals surface area (Å²) in [6.07, 6.45) is 2.61. The van der Waals surface area contributed by atoms with Crippen molar-refractivity contribution < 1.29 is 13.2 Å². The highest BCUT2D eigenvalue weighted by molar-refractivity contribution is 5.07. The summed E-state index contributed by atoms with van der Waals surface area (Å²) in [5, 5.41) is 1.40. The first kappa shape index (κ1) is 10.1. The third-order valence-corrected chi connectivity index (χ3v) is 1.67. The Morgan fingerprint density at radius 1 is 1.38 bits per heavy atom. The fourth-order valence-electron chi connectivity index (χ4n) is 0.885. The van der Waals surface area contributed by atoms with Crippen LogP contribution in [0.5, 0.6) is 0 Å². The van der Waals surface area contributed by atoms with Crippen molar-refractivity contribution in [2.45, 2.75) is 19.1 Å². The minimum atomic E-state index is -4.20. The van der Waals surface area contributed by atoms with Gasteiger partial charge in [-0.2, -0.15) is 13.2 Å². The van der Waals surface area contributed by atoms with Gasteiger partial charge in [0.1, 0.15) is 6.04 Å². The van der Waals surface area contributed by atoms with Crippen molar-refractivity contribution in [3.8, 4) is 0 Å². The predicted molar refractivity (Wildman–Crippen MR) is 43.6 cm³/mol. The van der Waals surface area contributed by atoms with Crippen molar-refractivity contribution >= 4 is 0 Å². The Bertz CT molecular complexity index is 220. The van der Waals surface area contributed by atoms with Crippen molar-refractivity contribution in [1.29, 1.82) is 0 Å². The molecule has 0 radical (unpaired) electrons. The quantitative estimate of drug-likeness (QED) is 0.718. The molecule has 0 aromatic rings. The number of nitrogens with zero attached hydrogens (tertiary/aromatic N) is 1. The van der Waals surface area contributed by atoms with Crippen LogP contribution >= 0.6 is 0 Å². The van der Waals surface area contributed by atoms with E-state index in [4.69, 9.17) is 0 Å². The third kappa shape index (κ3) is 3.10. The lowest BCUT2D eigenvalue weighted by Gasteiger charge is -2.27. The minimum Gasteiger partial charge on any atom is -0.311 e. The molecule has 0 aromatic carbocycles. The maximum Gasteiger partial charge on any atom is 0.405 e. The first-order chi connectivity index (χ1) is 6.00. The van der Waals surface area contributed by atoms with Crippen molar-refractivity contribution in [2.75, 3.05) is 6.54 Å². The molecule has 1 unspecified atom stereocenters. The summed E-state index contributed by atoms with van der Waals surface area (Å²) >= 11 is 0. The summed E-state index contributed by atoms with van der Waals surface area (Å²) in [5.41, 5.74) is 2.33. The molecule has 1 aliphatic heterocycles. The van der Waals surface area contributed by atoms with Crippen LogP contribution in [0, 0.1) is 0 Å². The van der Waals surface area contributed by atoms with Gasteiger partial charge >= 0.3 is 6.18 Å². The normalized spacial score (nSPS) is 19.2. The molecule has 1 aliphatic rings. The van der Waals surface area contributed by atoms with E-state index in [-0.39, 0.29) is 0 Å². The molecule has 1 heterocycles. The highest BCUT2D eigenvalue weighted by Gasteiger charge is 2.36. The van der Waals surface area contributed by atoms with Crippen molar-refractivity contribution in [3.63, 3.8) is 0 Å². The number of nitrogens with one attached hydrogen (secondary N) is 1. The Kier molecular flexibility index (Phi) is 2.98. The van der Waals surface area contributed by atoms with Crippen LogP contribution in [-0.4, -0.2) is 23.8 Å². The maximum absolute atomic E-state index is 12.1. The fraction of sp³-hybridized carbons (Fsp3) is 0.500. The summed E-state index contributed by atoms with van der Waals surface area (Å²) in [4.78, 5) is 0. The molecule has 0 aliphatic carbocycles. The van der Waals surface area contributed by atoms with Gasteiger partial charge in [-0.25, -0.2) is 5.43 Å². The van der Waals surface area contributed by atoms with E-state index in [0.717, 1.165) is 6.92 Å². The van der Waals surface area contributed by atoms with E-state index in [9.17, 15) is 13.2 Å². The number of allylic oxidation sites excluding steroid dienone is 2. The van der Waals surface area contributed by atoms with Crippen molar-refractivity contribution in [3.05, 3.63) is 24.4 Å². The van der Waals surface area contributed by atoms with Gasteiger partial charge in [-0.3, -0.25) is 0 Å². The van der Waals surface area contributed by atoms with Crippen molar-refractivity contribution in [1.82, 2.24) is 10.4 Å². The zero-order valence-corrected chi connectivity index (χ0v) is 7.17. The predicted octanol–water partition coefficient (Wildman–Crippen LogP) is 1.83. The molecule has 0 saturated heterocycles. The van der Waals surface area contributed by atoms with Gasteiger partial charge in [0.2, 0.25) is 0 Å². The third-order valence-electron chi connectivity index (χ3n) is 1.67. The smallest absolute Gasteiger partial charge is 0.311 e. The fourth-order valence-corrected chi connectivity index (χ4v) is 0.885. The first-order valence-electron chi connectivity index (χ1n) is 3.93. The highest BCUT2D eigenvalue weighted by Crippen LogP contribution is 2.19. The average Bonchev–Trinajstić information content (AvgIpc) is 2.04. The molecule has 0 aromatic heterocycles. The first-order valence-corrected chi connectivity index (χ1v) is 3.93. The van der Waals surface area contributed by atoms with E-state index < -0.39 is 12.2 Å². The molecule has 74 valence electrons. The van der Waals surface area contributed by atoms with Crippen LogP contribution in [0.1, 0.15) is 6.92 Å². The maximum atomic E-state index is 12.1. The van der Waals surface area contributed by atoms with Crippen LogP contribution in [0.25, 0.3) is 0 Å². The topological polar surface area (TPSA) is 15.3 Å². The van der Waals surface area contributed by atoms with E-state index in [0.29, 0.717) is 6.54 Å². The summed E-state index contributed by atoms with van der Waals surface area (Å²) in [6.45, 7) is 1.54. The number of alkyl halides is 3. The molecule has 5 heteroatoms. The second-order valence-corrected chi connectivity index (χ2v) is 2.81. The molecular formula is C8H11F3N2. The second-order valence-electron chi connectivity index (χ2n) is 2.81. The van der Waals surface area contributed by atoms with Crippen LogP contribution < -0.4 is 5.43 Å². The number of halogens is 3. The average molecular weight is 192 g/mol. The van der Waals surface area contributed by atoms with E-state index in [2.05, 4.69) is 5.43 Å². The lowest BCUT2D eigenvalue weighted by atomic mass is 10.3. The largest absolute Gasteiger partial charge is 0.405 e. The molecule has 0 amide bonds. The van der Waals surface area contributed by atoms with Gasteiger partial charge in [0.15, 0.2) is 0 Å². The Balaban J connectivity index is 2.41. The van der Waals surface area contributed by atoms with Crippen LogP contribution in [0.4, 0.5) is 13.2 Å². The lowest BCUT2D eigenvalue weighted by molar-refractivity contribution is -0.160. The number of hydrogen-bond donors (Lipinski definition) is 1. The Morgan fingerprint density at radius 2 is 2.08 bits per heavy atom. The highest BCUT2D eigenvalue weighted by atomic mass is 19.4. The molecule has 1 N–H and O–H groups in total. The second kappa shape index (κ2) is 3.83. The summed E-state index contributed by atoms with van der Waals surface area (Å²) in [6, 6.07) is -1.52. The number of hydrogen-bond acceptors (Lipinski definition) is 2. The Morgan fingerprint density at radius 3 is 2.54 bits per heavy atom. The molecule has 0 fully saturated rings. The molecule has 1 rings (SSSR count).